The van der Waals surface area contributed by atoms with Gasteiger partial charge in [-0.3, -0.25) is 9.13 Å². The summed E-state index contributed by atoms with van der Waals surface area (Å²) in [5.74, 6) is 0. The molecule has 0 saturated heterocycles. The molecule has 0 aromatic heterocycles. The van der Waals surface area contributed by atoms with Gasteiger partial charge in [-0.05, 0) is 0 Å². The van der Waals surface area contributed by atoms with Crippen LogP contribution in [0.5, 0.6) is 0 Å². The average Bonchev–Trinajstić information content (AvgIpc) is 2.26. The summed E-state index contributed by atoms with van der Waals surface area (Å²) < 4.78 is 40.5. The maximum Gasteiger partial charge on any atom is 0.402 e. The molecule has 0 aliphatic heterocycles. The zero-order valence-corrected chi connectivity index (χ0v) is 10.5. The van der Waals surface area contributed by atoms with Crippen LogP contribution < -0.4 is 0 Å². The molecule has 0 spiro atoms. The summed E-state index contributed by atoms with van der Waals surface area (Å²) in [5.41, 5.74) is 0. The maximum absolute atomic E-state index is 11.7. The molecule has 0 aromatic carbocycles. The fraction of sp³-hybridized carbons (Fsp3) is 1.00. The molecule has 0 aliphatic rings. The van der Waals surface area contributed by atoms with E-state index in [0.29, 0.717) is 0 Å². The summed E-state index contributed by atoms with van der Waals surface area (Å²) in [6.45, 7) is 0. The highest BCUT2D eigenvalue weighted by Gasteiger charge is 2.63. The van der Waals surface area contributed by atoms with Crippen LogP contribution in [0.25, 0.3) is 0 Å². The Bertz CT molecular complexity index is 255. The highest BCUT2D eigenvalue weighted by molar-refractivity contribution is 7.73. The van der Waals surface area contributed by atoms with Crippen LogP contribution in [0, 0.1) is 0 Å². The van der Waals surface area contributed by atoms with Crippen molar-refractivity contribution in [1.29, 1.82) is 0 Å². The van der Waals surface area contributed by atoms with Gasteiger partial charge in [-0.1, -0.05) is 0 Å². The number of hydrogen-bond acceptors (Lipinski definition) is 8. The van der Waals surface area contributed by atoms with E-state index in [9.17, 15) is 19.3 Å². The van der Waals surface area contributed by atoms with Crippen molar-refractivity contribution in [3.63, 3.8) is 0 Å². The minimum absolute atomic E-state index is 0.904. The Morgan fingerprint density at radius 1 is 0.800 bits per heavy atom. The lowest BCUT2D eigenvalue weighted by atomic mass is 11.5. The van der Waals surface area contributed by atoms with Crippen molar-refractivity contribution in [3.05, 3.63) is 0 Å². The van der Waals surface area contributed by atoms with Crippen LogP contribution >= 0.6 is 15.2 Å². The predicted octanol–water partition coefficient (Wildman–Crippen LogP) is 0.554. The van der Waals surface area contributed by atoms with Gasteiger partial charge in [0.2, 0.25) is 0 Å². The van der Waals surface area contributed by atoms with Gasteiger partial charge in [0.25, 0.3) is 0 Å². The third-order valence-corrected chi connectivity index (χ3v) is 6.56. The van der Waals surface area contributed by atoms with Gasteiger partial charge in [-0.15, -0.1) is 0 Å². The average molecular weight is 264 g/mol. The van der Waals surface area contributed by atoms with E-state index in [4.69, 9.17) is 0 Å². The van der Waals surface area contributed by atoms with E-state index in [1.165, 1.54) is 0 Å². The van der Waals surface area contributed by atoms with E-state index < -0.39 is 20.5 Å². The molecule has 8 nitrogen and oxygen atoms in total. The summed E-state index contributed by atoms with van der Waals surface area (Å²) >= 11 is 0. The Hall–Kier alpha value is 0.220. The second-order valence-corrected chi connectivity index (χ2v) is 7.38. The lowest BCUT2D eigenvalue weighted by Gasteiger charge is -2.31. The molecule has 0 rings (SSSR count). The fourth-order valence-electron chi connectivity index (χ4n) is 0.789. The molecule has 92 valence electrons. The van der Waals surface area contributed by atoms with Gasteiger partial charge in [0, 0.05) is 28.4 Å². The lowest BCUT2D eigenvalue weighted by molar-refractivity contribution is -0.0597. The Balaban J connectivity index is 5.47. The van der Waals surface area contributed by atoms with Crippen LogP contribution in [-0.2, 0) is 27.2 Å². The summed E-state index contributed by atoms with van der Waals surface area (Å²) in [5, 5.41) is 15.6. The number of rotatable bonds is 6. The summed E-state index contributed by atoms with van der Waals surface area (Å²) in [4.78, 5) is 0. The fourth-order valence-corrected chi connectivity index (χ4v) is 4.25. The van der Waals surface area contributed by atoms with E-state index in [1.807, 2.05) is 0 Å². The van der Waals surface area contributed by atoms with Gasteiger partial charge in [0.05, 0.1) is 0 Å². The zero-order valence-electron chi connectivity index (χ0n) is 8.74. The molecule has 0 radical (unpaired) electrons. The first kappa shape index (κ1) is 15.2. The largest absolute Gasteiger partial charge is 0.402 e. The standard InChI is InChI=1S/C5H14O8P2/c1-10-14(8,11-2)5(6,7)15(9,12-3)13-4/h6-7H,1-4H3. The van der Waals surface area contributed by atoms with Gasteiger partial charge in [-0.2, -0.15) is 0 Å². The zero-order chi connectivity index (χ0) is 12.3. The van der Waals surface area contributed by atoms with Crippen LogP contribution in [0.4, 0.5) is 0 Å². The lowest BCUT2D eigenvalue weighted by Crippen LogP contribution is -2.30. The monoisotopic (exact) mass is 264 g/mol. The Morgan fingerprint density at radius 3 is 1.13 bits per heavy atom. The number of hydrogen-bond donors (Lipinski definition) is 2. The topological polar surface area (TPSA) is 112 Å². The van der Waals surface area contributed by atoms with Gasteiger partial charge in [0.15, 0.2) is 0 Å². The predicted molar refractivity (Wildman–Crippen MR) is 50.4 cm³/mol. The minimum atomic E-state index is -4.44. The van der Waals surface area contributed by atoms with Gasteiger partial charge in [-0.25, -0.2) is 0 Å². The van der Waals surface area contributed by atoms with Gasteiger partial charge >= 0.3 is 20.5 Å². The van der Waals surface area contributed by atoms with Crippen molar-refractivity contribution < 1.29 is 37.4 Å². The molecule has 0 fully saturated rings. The molecule has 15 heavy (non-hydrogen) atoms. The second-order valence-electron chi connectivity index (χ2n) is 2.33. The smallest absolute Gasteiger partial charge is 0.347 e. The maximum atomic E-state index is 11.7. The normalized spacial score (nSPS) is 14.3. The SMILES string of the molecule is COP(=O)(OC)C(O)(O)P(=O)(OC)OC. The highest BCUT2D eigenvalue weighted by atomic mass is 31.2. The number of aliphatic hydroxyl groups is 2. The van der Waals surface area contributed by atoms with Gasteiger partial charge < -0.3 is 28.3 Å². The van der Waals surface area contributed by atoms with E-state index in [0.717, 1.165) is 28.4 Å². The third-order valence-electron chi connectivity index (χ3n) is 1.70. The molecular formula is C5H14O8P2. The summed E-state index contributed by atoms with van der Waals surface area (Å²) in [7, 11) is -5.27. The first-order valence-corrected chi connectivity index (χ1v) is 6.71. The molecule has 0 atom stereocenters. The first-order valence-electron chi connectivity index (χ1n) is 3.62. The van der Waals surface area contributed by atoms with Crippen LogP contribution in [-0.4, -0.2) is 43.9 Å². The van der Waals surface area contributed by atoms with Crippen molar-refractivity contribution in [2.45, 2.75) is 5.27 Å². The van der Waals surface area contributed by atoms with Crippen LogP contribution in [0.15, 0.2) is 0 Å². The molecule has 0 aliphatic carbocycles. The molecule has 0 amide bonds. The van der Waals surface area contributed by atoms with E-state index in [1.54, 1.807) is 0 Å². The Labute approximate surface area is 87.2 Å². The van der Waals surface area contributed by atoms with E-state index >= 15 is 0 Å². The van der Waals surface area contributed by atoms with Gasteiger partial charge in [0.1, 0.15) is 0 Å². The molecule has 0 bridgehead atoms. The minimum Gasteiger partial charge on any atom is -0.347 e. The second kappa shape index (κ2) is 5.03. The molecule has 0 aromatic rings. The molecule has 10 heteroatoms. The van der Waals surface area contributed by atoms with Crippen molar-refractivity contribution in [1.82, 2.24) is 0 Å². The molecule has 2 N–H and O–H groups in total. The van der Waals surface area contributed by atoms with E-state index in [2.05, 4.69) is 18.1 Å². The molecule has 0 unspecified atom stereocenters. The Kier molecular flexibility index (Phi) is 5.11. The van der Waals surface area contributed by atoms with Crippen molar-refractivity contribution in [3.8, 4) is 0 Å². The van der Waals surface area contributed by atoms with Crippen molar-refractivity contribution in [2.75, 3.05) is 28.4 Å². The van der Waals surface area contributed by atoms with Crippen molar-refractivity contribution in [2.24, 2.45) is 0 Å². The summed E-state index contributed by atoms with van der Waals surface area (Å²) in [6, 6.07) is 0. The summed E-state index contributed by atoms with van der Waals surface area (Å²) in [6.07, 6.45) is 0. The van der Waals surface area contributed by atoms with E-state index in [-0.39, 0.29) is 0 Å². The van der Waals surface area contributed by atoms with Crippen LogP contribution in [0.2, 0.25) is 0 Å². The molecule has 0 heterocycles. The third kappa shape index (κ3) is 2.33. The van der Waals surface area contributed by atoms with Crippen LogP contribution in [0.3, 0.4) is 0 Å². The van der Waals surface area contributed by atoms with Crippen LogP contribution in [0.1, 0.15) is 0 Å². The Morgan fingerprint density at radius 2 is 1.00 bits per heavy atom. The van der Waals surface area contributed by atoms with Crippen molar-refractivity contribution >= 4 is 15.2 Å². The molecular weight excluding hydrogens is 250 g/mol. The first-order chi connectivity index (χ1) is 6.74. The highest BCUT2D eigenvalue weighted by Crippen LogP contribution is 2.74. The quantitative estimate of drug-likeness (QED) is 0.528. The molecule has 0 saturated carbocycles.